The van der Waals surface area contributed by atoms with Gasteiger partial charge in [0.15, 0.2) is 0 Å². The van der Waals surface area contributed by atoms with Crippen molar-refractivity contribution in [2.45, 2.75) is 70.6 Å². The van der Waals surface area contributed by atoms with Crippen LogP contribution in [0.25, 0.3) is 5.65 Å². The van der Waals surface area contributed by atoms with Crippen molar-refractivity contribution < 1.29 is 22.4 Å². The summed E-state index contributed by atoms with van der Waals surface area (Å²) in [5, 5.41) is 11.9. The number of hydrogen-bond acceptors (Lipinski definition) is 3. The maximum absolute atomic E-state index is 13.5. The standard InChI is InChI=1S/C22H26F4N4O/c1-13(2)19-17(8-14-4-6-22(25,26)7-5-14)30-16(11-27)9-15(10-18(30)29-19)20(31)28-12-21(3,23)24/h9-10,13-14H,4-8,12H2,1-3H3,(H,28,31). The second-order valence-corrected chi connectivity index (χ2v) is 8.79. The van der Waals surface area contributed by atoms with Crippen molar-refractivity contribution in [1.29, 1.82) is 5.26 Å². The monoisotopic (exact) mass is 438 g/mol. The molecule has 1 N–H and O–H groups in total. The minimum atomic E-state index is -3.06. The third kappa shape index (κ3) is 5.35. The van der Waals surface area contributed by atoms with Gasteiger partial charge in [0.2, 0.25) is 5.92 Å². The van der Waals surface area contributed by atoms with Gasteiger partial charge in [0.05, 0.1) is 12.2 Å². The van der Waals surface area contributed by atoms with E-state index >= 15 is 0 Å². The fourth-order valence-electron chi connectivity index (χ4n) is 4.04. The maximum atomic E-state index is 13.5. The van der Waals surface area contributed by atoms with Gasteiger partial charge in [0, 0.05) is 31.0 Å². The summed E-state index contributed by atoms with van der Waals surface area (Å²) in [5.41, 5.74) is 2.11. The maximum Gasteiger partial charge on any atom is 0.262 e. The number of nitrogens with one attached hydrogen (secondary N) is 1. The minimum absolute atomic E-state index is 0.0162. The Hall–Kier alpha value is -2.63. The van der Waals surface area contributed by atoms with Gasteiger partial charge in [-0.3, -0.25) is 9.20 Å². The first-order valence-corrected chi connectivity index (χ1v) is 10.4. The molecular formula is C22H26F4N4O. The second kappa shape index (κ2) is 8.48. The van der Waals surface area contributed by atoms with Crippen molar-refractivity contribution in [2.75, 3.05) is 6.54 Å². The number of carbonyl (C=O) groups is 1. The Morgan fingerprint density at radius 3 is 2.55 bits per heavy atom. The van der Waals surface area contributed by atoms with E-state index in [2.05, 4.69) is 16.4 Å². The number of nitriles is 1. The van der Waals surface area contributed by atoms with Crippen LogP contribution in [0.1, 0.15) is 79.8 Å². The Morgan fingerprint density at radius 2 is 2.00 bits per heavy atom. The molecular weight excluding hydrogens is 412 g/mol. The Labute approximate surface area is 178 Å². The van der Waals surface area contributed by atoms with E-state index in [0.29, 0.717) is 31.8 Å². The zero-order chi connectivity index (χ0) is 23.0. The van der Waals surface area contributed by atoms with Gasteiger partial charge in [-0.15, -0.1) is 0 Å². The van der Waals surface area contributed by atoms with Crippen molar-refractivity contribution in [2.24, 2.45) is 5.92 Å². The first-order valence-electron chi connectivity index (χ1n) is 10.4. The first-order chi connectivity index (χ1) is 14.4. The number of halogens is 4. The van der Waals surface area contributed by atoms with Gasteiger partial charge in [-0.1, -0.05) is 13.8 Å². The molecule has 2 heterocycles. The Bertz CT molecular complexity index is 1010. The molecule has 1 aliphatic rings. The number of aromatic nitrogens is 2. The van der Waals surface area contributed by atoms with Crippen LogP contribution in [-0.2, 0) is 6.42 Å². The molecule has 0 aromatic carbocycles. The smallest absolute Gasteiger partial charge is 0.262 e. The van der Waals surface area contributed by atoms with E-state index < -0.39 is 24.3 Å². The highest BCUT2D eigenvalue weighted by molar-refractivity contribution is 5.95. The summed E-state index contributed by atoms with van der Waals surface area (Å²) in [7, 11) is 0. The van der Waals surface area contributed by atoms with Crippen LogP contribution in [0.2, 0.25) is 0 Å². The van der Waals surface area contributed by atoms with Crippen molar-refractivity contribution >= 4 is 11.6 Å². The predicted molar refractivity (Wildman–Crippen MR) is 108 cm³/mol. The fourth-order valence-corrected chi connectivity index (χ4v) is 4.04. The quantitative estimate of drug-likeness (QED) is 0.640. The van der Waals surface area contributed by atoms with E-state index in [0.717, 1.165) is 11.4 Å². The average molecular weight is 438 g/mol. The summed E-state index contributed by atoms with van der Waals surface area (Å²) in [5.74, 6) is -6.32. The summed E-state index contributed by atoms with van der Waals surface area (Å²) >= 11 is 0. The topological polar surface area (TPSA) is 70.2 Å². The van der Waals surface area contributed by atoms with E-state index in [4.69, 9.17) is 0 Å². The van der Waals surface area contributed by atoms with E-state index in [1.54, 1.807) is 4.40 Å². The van der Waals surface area contributed by atoms with Crippen LogP contribution in [0.15, 0.2) is 12.1 Å². The van der Waals surface area contributed by atoms with Crippen molar-refractivity contribution in [3.8, 4) is 6.07 Å². The molecule has 0 atom stereocenters. The summed E-state index contributed by atoms with van der Waals surface area (Å²) < 4.78 is 54.9. The van der Waals surface area contributed by atoms with Crippen LogP contribution in [0.3, 0.4) is 0 Å². The number of hydrogen-bond donors (Lipinski definition) is 1. The number of fused-ring (bicyclic) bond motifs is 1. The summed E-state index contributed by atoms with van der Waals surface area (Å²) in [6.07, 6.45) is 0.996. The largest absolute Gasteiger partial charge is 0.346 e. The van der Waals surface area contributed by atoms with Gasteiger partial charge < -0.3 is 5.32 Å². The van der Waals surface area contributed by atoms with Gasteiger partial charge >= 0.3 is 0 Å². The third-order valence-electron chi connectivity index (χ3n) is 5.65. The van der Waals surface area contributed by atoms with Gasteiger partial charge in [0.1, 0.15) is 17.4 Å². The third-order valence-corrected chi connectivity index (χ3v) is 5.65. The van der Waals surface area contributed by atoms with Gasteiger partial charge in [-0.25, -0.2) is 22.5 Å². The van der Waals surface area contributed by atoms with E-state index in [9.17, 15) is 27.6 Å². The Kier molecular flexibility index (Phi) is 6.30. The number of alkyl halides is 4. The average Bonchev–Trinajstić information content (AvgIpc) is 3.05. The minimum Gasteiger partial charge on any atom is -0.346 e. The molecule has 1 saturated carbocycles. The van der Waals surface area contributed by atoms with Crippen molar-refractivity contribution in [3.63, 3.8) is 0 Å². The lowest BCUT2D eigenvalue weighted by molar-refractivity contribution is -0.0457. The number of rotatable bonds is 6. The molecule has 168 valence electrons. The first kappa shape index (κ1) is 23.0. The normalized spacial score (nSPS) is 17.1. The molecule has 2 aromatic rings. The van der Waals surface area contributed by atoms with E-state index in [-0.39, 0.29) is 35.9 Å². The number of pyridine rings is 1. The molecule has 3 rings (SSSR count). The predicted octanol–water partition coefficient (Wildman–Crippen LogP) is 5.08. The lowest BCUT2D eigenvalue weighted by Gasteiger charge is -2.28. The highest BCUT2D eigenvalue weighted by atomic mass is 19.3. The molecule has 0 bridgehead atoms. The van der Waals surface area contributed by atoms with Crippen LogP contribution in [0.5, 0.6) is 0 Å². The van der Waals surface area contributed by atoms with Gasteiger partial charge in [-0.05, 0) is 43.2 Å². The van der Waals surface area contributed by atoms with E-state index in [1.807, 2.05) is 13.8 Å². The molecule has 31 heavy (non-hydrogen) atoms. The lowest BCUT2D eigenvalue weighted by Crippen LogP contribution is -2.34. The van der Waals surface area contributed by atoms with Gasteiger partial charge in [-0.2, -0.15) is 5.26 Å². The highest BCUT2D eigenvalue weighted by Crippen LogP contribution is 2.38. The second-order valence-electron chi connectivity index (χ2n) is 8.79. The molecule has 2 aromatic heterocycles. The van der Waals surface area contributed by atoms with Crippen LogP contribution in [0.4, 0.5) is 17.6 Å². The molecule has 1 fully saturated rings. The van der Waals surface area contributed by atoms with Crippen molar-refractivity contribution in [3.05, 3.63) is 34.8 Å². The lowest BCUT2D eigenvalue weighted by atomic mass is 9.83. The Balaban J connectivity index is 1.98. The highest BCUT2D eigenvalue weighted by Gasteiger charge is 2.35. The summed E-state index contributed by atoms with van der Waals surface area (Å²) in [4.78, 5) is 16.9. The zero-order valence-corrected chi connectivity index (χ0v) is 17.8. The van der Waals surface area contributed by atoms with Crippen LogP contribution in [-0.4, -0.2) is 33.7 Å². The van der Waals surface area contributed by atoms with Crippen molar-refractivity contribution in [1.82, 2.24) is 14.7 Å². The number of carbonyl (C=O) groups excluding carboxylic acids is 1. The SMILES string of the molecule is CC(C)c1nc2cc(C(=O)NCC(C)(F)F)cc(C#N)n2c1CC1CCC(F)(F)CC1. The number of amides is 1. The van der Waals surface area contributed by atoms with Crippen LogP contribution >= 0.6 is 0 Å². The zero-order valence-electron chi connectivity index (χ0n) is 17.8. The van der Waals surface area contributed by atoms with Crippen LogP contribution in [0, 0.1) is 17.2 Å². The molecule has 0 spiro atoms. The van der Waals surface area contributed by atoms with Crippen LogP contribution < -0.4 is 5.32 Å². The Morgan fingerprint density at radius 1 is 1.35 bits per heavy atom. The molecule has 0 unspecified atom stereocenters. The fraction of sp³-hybridized carbons (Fsp3) is 0.591. The molecule has 0 radical (unpaired) electrons. The molecule has 5 nitrogen and oxygen atoms in total. The van der Waals surface area contributed by atoms with E-state index in [1.165, 1.54) is 12.1 Å². The van der Waals surface area contributed by atoms with Gasteiger partial charge in [0.25, 0.3) is 11.8 Å². The molecule has 0 saturated heterocycles. The summed E-state index contributed by atoms with van der Waals surface area (Å²) in [6, 6.07) is 4.87. The molecule has 0 aliphatic heterocycles. The molecule has 1 amide bonds. The number of nitrogens with zero attached hydrogens (tertiary/aromatic N) is 3. The number of imidazole rings is 1. The molecule has 1 aliphatic carbocycles. The molecule has 9 heteroatoms. The summed E-state index contributed by atoms with van der Waals surface area (Å²) in [6.45, 7) is 3.78.